The van der Waals surface area contributed by atoms with Gasteiger partial charge < -0.3 is 5.21 Å². The Balaban J connectivity index is 5.67. The number of azo groups is 1. The second-order valence-corrected chi connectivity index (χ2v) is 2.98. The topological polar surface area (TPSA) is 171 Å². The second kappa shape index (κ2) is 5.65. The standard InChI is InChI=1S/C5H10N6O7/c1-3-7(11(17)18)4-5(9(13)14,10(15)16)8(12)6-2/h3-4H2,1-2H3. The highest BCUT2D eigenvalue weighted by molar-refractivity contribution is 4.56. The fourth-order valence-electron chi connectivity index (χ4n) is 1.07. The Morgan fingerprint density at radius 3 is 1.78 bits per heavy atom. The highest BCUT2D eigenvalue weighted by Crippen LogP contribution is 2.15. The van der Waals surface area contributed by atoms with Crippen LogP contribution in [0.5, 0.6) is 0 Å². The lowest BCUT2D eigenvalue weighted by Gasteiger charge is -2.16. The third-order valence-corrected chi connectivity index (χ3v) is 2.06. The Labute approximate surface area is 99.3 Å². The Bertz CT molecular complexity index is 380. The van der Waals surface area contributed by atoms with E-state index >= 15 is 0 Å². The van der Waals surface area contributed by atoms with Crippen LogP contribution in [0.2, 0.25) is 0 Å². The first-order chi connectivity index (χ1) is 8.23. The van der Waals surface area contributed by atoms with E-state index < -0.39 is 32.1 Å². The van der Waals surface area contributed by atoms with Crippen molar-refractivity contribution in [3.63, 3.8) is 0 Å². The zero-order valence-electron chi connectivity index (χ0n) is 9.46. The van der Waals surface area contributed by atoms with Gasteiger partial charge in [-0.05, 0) is 12.0 Å². The molecule has 0 spiro atoms. The van der Waals surface area contributed by atoms with Crippen LogP contribution in [0.15, 0.2) is 5.11 Å². The molecule has 0 N–H and O–H groups in total. The molecule has 13 heteroatoms. The lowest BCUT2D eigenvalue weighted by Crippen LogP contribution is -2.61. The summed E-state index contributed by atoms with van der Waals surface area (Å²) >= 11 is 0. The van der Waals surface area contributed by atoms with Gasteiger partial charge in [0.2, 0.25) is 0 Å². The Morgan fingerprint density at radius 2 is 1.56 bits per heavy atom. The summed E-state index contributed by atoms with van der Waals surface area (Å²) in [6.07, 6.45) is 0. The van der Waals surface area contributed by atoms with Gasteiger partial charge in [0.15, 0.2) is 14.9 Å². The molecule has 0 aliphatic carbocycles. The van der Waals surface area contributed by atoms with Crippen LogP contribution in [0, 0.1) is 35.6 Å². The summed E-state index contributed by atoms with van der Waals surface area (Å²) in [5.41, 5.74) is 0. The van der Waals surface area contributed by atoms with Gasteiger partial charge in [-0.15, -0.1) is 5.01 Å². The molecule has 0 saturated heterocycles. The molecule has 0 amide bonds. The SMILES string of the molecule is CCN(CC([N+](=O)[O-])([N+](=O)[O-])[N+]([O-])=NC)[N+](=O)[O-]. The van der Waals surface area contributed by atoms with Crippen LogP contribution in [0.4, 0.5) is 0 Å². The van der Waals surface area contributed by atoms with Gasteiger partial charge in [0, 0.05) is 0 Å². The van der Waals surface area contributed by atoms with Crippen molar-refractivity contribution in [2.24, 2.45) is 5.11 Å². The molecule has 0 aromatic carbocycles. The number of hydroxylamine groups is 1. The summed E-state index contributed by atoms with van der Waals surface area (Å²) in [7, 11) is 0.803. The third kappa shape index (κ3) is 2.55. The van der Waals surface area contributed by atoms with Crippen molar-refractivity contribution in [2.45, 2.75) is 12.7 Å². The molecular formula is C5H10N6O7. The average molecular weight is 266 g/mol. The van der Waals surface area contributed by atoms with Crippen molar-refractivity contribution in [1.82, 2.24) is 5.01 Å². The zero-order valence-corrected chi connectivity index (χ0v) is 9.46. The molecule has 0 aliphatic rings. The van der Waals surface area contributed by atoms with E-state index in [4.69, 9.17) is 0 Å². The van der Waals surface area contributed by atoms with Crippen molar-refractivity contribution in [3.05, 3.63) is 35.6 Å². The molecule has 18 heavy (non-hydrogen) atoms. The van der Waals surface area contributed by atoms with Crippen LogP contribution in [0.25, 0.3) is 0 Å². The molecule has 0 heterocycles. The highest BCUT2D eigenvalue weighted by Gasteiger charge is 2.71. The smallest absolute Gasteiger partial charge is 0.589 e. The molecular weight excluding hydrogens is 256 g/mol. The number of nitro groups is 3. The molecule has 0 saturated carbocycles. The fraction of sp³-hybridized carbons (Fsp3) is 1.00. The van der Waals surface area contributed by atoms with Gasteiger partial charge in [-0.3, -0.25) is 20.2 Å². The predicted octanol–water partition coefficient (Wildman–Crippen LogP) is -0.700. The first-order valence-corrected chi connectivity index (χ1v) is 4.49. The van der Waals surface area contributed by atoms with Crippen molar-refractivity contribution in [3.8, 4) is 0 Å². The van der Waals surface area contributed by atoms with Gasteiger partial charge >= 0.3 is 5.79 Å². The van der Waals surface area contributed by atoms with Crippen molar-refractivity contribution < 1.29 is 19.7 Å². The molecule has 0 radical (unpaired) electrons. The normalized spacial score (nSPS) is 12.0. The largest absolute Gasteiger partial charge is 0.704 e. The minimum absolute atomic E-state index is 0.182. The Kier molecular flexibility index (Phi) is 4.83. The van der Waals surface area contributed by atoms with Gasteiger partial charge in [-0.2, -0.15) is 0 Å². The van der Waals surface area contributed by atoms with Crippen LogP contribution in [0.3, 0.4) is 0 Å². The van der Waals surface area contributed by atoms with E-state index in [9.17, 15) is 35.6 Å². The van der Waals surface area contributed by atoms with E-state index in [0.29, 0.717) is 0 Å². The number of hydrazine groups is 1. The van der Waals surface area contributed by atoms with E-state index in [1.54, 1.807) is 0 Å². The van der Waals surface area contributed by atoms with Gasteiger partial charge in [0.25, 0.3) is 6.54 Å². The van der Waals surface area contributed by atoms with Gasteiger partial charge in [0.05, 0.1) is 18.5 Å². The van der Waals surface area contributed by atoms with Crippen molar-refractivity contribution >= 4 is 0 Å². The van der Waals surface area contributed by atoms with Crippen LogP contribution in [-0.4, -0.2) is 50.7 Å². The number of hydrogen-bond acceptors (Lipinski definition) is 8. The number of rotatable bonds is 7. The van der Waals surface area contributed by atoms with Gasteiger partial charge in [-0.1, -0.05) is 0 Å². The maximum atomic E-state index is 11.2. The lowest BCUT2D eigenvalue weighted by atomic mass is 10.3. The third-order valence-electron chi connectivity index (χ3n) is 2.06. The first-order valence-electron chi connectivity index (χ1n) is 4.49. The summed E-state index contributed by atoms with van der Waals surface area (Å²) in [6, 6.07) is 0. The molecule has 0 bridgehead atoms. The maximum Gasteiger partial charge on any atom is 0.704 e. The minimum Gasteiger partial charge on any atom is -0.589 e. The fourth-order valence-corrected chi connectivity index (χ4v) is 1.07. The first kappa shape index (κ1) is 15.4. The van der Waals surface area contributed by atoms with Crippen LogP contribution in [0.1, 0.15) is 6.92 Å². The number of hydrogen-bond donors (Lipinski definition) is 0. The quantitative estimate of drug-likeness (QED) is 0.191. The van der Waals surface area contributed by atoms with E-state index in [1.807, 2.05) is 0 Å². The molecule has 0 aliphatic heterocycles. The van der Waals surface area contributed by atoms with Crippen LogP contribution < -0.4 is 0 Å². The van der Waals surface area contributed by atoms with Crippen molar-refractivity contribution in [1.29, 1.82) is 0 Å². The van der Waals surface area contributed by atoms with Gasteiger partial charge in [-0.25, -0.2) is 10.1 Å². The molecule has 13 nitrogen and oxygen atoms in total. The number of nitrogens with zero attached hydrogens (tertiary/aromatic N) is 6. The summed E-state index contributed by atoms with van der Waals surface area (Å²) in [6.45, 7) is -0.434. The van der Waals surface area contributed by atoms with Crippen LogP contribution >= 0.6 is 0 Å². The highest BCUT2D eigenvalue weighted by atomic mass is 16.7. The molecule has 0 aromatic rings. The van der Waals surface area contributed by atoms with E-state index in [1.165, 1.54) is 6.92 Å². The molecule has 0 aromatic heterocycles. The van der Waals surface area contributed by atoms with Crippen molar-refractivity contribution in [2.75, 3.05) is 20.1 Å². The second-order valence-electron chi connectivity index (χ2n) is 2.98. The minimum atomic E-state index is -3.45. The zero-order chi connectivity index (χ0) is 14.5. The molecule has 0 atom stereocenters. The van der Waals surface area contributed by atoms with E-state index in [0.717, 1.165) is 7.05 Å². The van der Waals surface area contributed by atoms with Gasteiger partial charge in [0.1, 0.15) is 0 Å². The Hall–Kier alpha value is -2.60. The Morgan fingerprint density at radius 1 is 1.11 bits per heavy atom. The number of likely N-dealkylation sites (N-methyl/N-ethyl adjacent to an activating group) is 1. The average Bonchev–Trinajstić information content (AvgIpc) is 2.28. The monoisotopic (exact) mass is 266 g/mol. The molecule has 0 rings (SSSR count). The molecule has 0 fully saturated rings. The van der Waals surface area contributed by atoms with Crippen LogP contribution in [-0.2, 0) is 0 Å². The summed E-state index contributed by atoms with van der Waals surface area (Å²) in [5, 5.41) is 45.1. The molecule has 102 valence electrons. The maximum absolute atomic E-state index is 11.2. The lowest BCUT2D eigenvalue weighted by molar-refractivity contribution is -0.984. The summed E-state index contributed by atoms with van der Waals surface area (Å²) in [4.78, 5) is 28.2. The molecule has 0 unspecified atom stereocenters. The summed E-state index contributed by atoms with van der Waals surface area (Å²) < 4.78 is 0. The van der Waals surface area contributed by atoms with E-state index in [-0.39, 0.29) is 11.6 Å². The summed E-state index contributed by atoms with van der Waals surface area (Å²) in [5.74, 6) is -3.45. The predicted molar refractivity (Wildman–Crippen MR) is 52.9 cm³/mol. The van der Waals surface area contributed by atoms with E-state index in [2.05, 4.69) is 5.11 Å².